The van der Waals surface area contributed by atoms with Gasteiger partial charge in [0.25, 0.3) is 0 Å². The Balaban J connectivity index is 1.67. The lowest BCUT2D eigenvalue weighted by Gasteiger charge is -2.25. The molecule has 202 valence electrons. The number of nitrogens with zero attached hydrogens (tertiary/aromatic N) is 4. The van der Waals surface area contributed by atoms with Crippen molar-refractivity contribution in [3.63, 3.8) is 0 Å². The first-order valence-electron chi connectivity index (χ1n) is 12.5. The maximum atomic E-state index is 13.4. The van der Waals surface area contributed by atoms with Crippen molar-refractivity contribution in [1.82, 2.24) is 19.7 Å². The van der Waals surface area contributed by atoms with Crippen molar-refractivity contribution in [2.24, 2.45) is 0 Å². The van der Waals surface area contributed by atoms with E-state index < -0.39 is 24.4 Å². The average Bonchev–Trinajstić information content (AvgIpc) is 3.46. The number of hydrogen-bond donors (Lipinski definition) is 2. The SMILES string of the molecule is COc1cccc(C2OC(CC(=O)N3CC(O)C(O)C3)c3nnc(C(C)C)n3-c3ccc(Cl)cc32)c1OC. The van der Waals surface area contributed by atoms with Gasteiger partial charge in [-0.2, -0.15) is 0 Å². The van der Waals surface area contributed by atoms with E-state index in [0.29, 0.717) is 27.9 Å². The van der Waals surface area contributed by atoms with Crippen LogP contribution in [0, 0.1) is 0 Å². The number of aromatic nitrogens is 3. The van der Waals surface area contributed by atoms with Crippen molar-refractivity contribution in [1.29, 1.82) is 0 Å². The van der Waals surface area contributed by atoms with Crippen LogP contribution in [0.4, 0.5) is 0 Å². The number of amides is 1. The van der Waals surface area contributed by atoms with Crippen LogP contribution >= 0.6 is 11.6 Å². The van der Waals surface area contributed by atoms with Gasteiger partial charge in [-0.1, -0.05) is 37.6 Å². The molecule has 2 N–H and O–H groups in total. The molecular weight excluding hydrogens is 512 g/mol. The third-order valence-corrected chi connectivity index (χ3v) is 7.25. The van der Waals surface area contributed by atoms with Gasteiger partial charge in [0.2, 0.25) is 5.91 Å². The second kappa shape index (κ2) is 10.5. The van der Waals surface area contributed by atoms with Crippen LogP contribution < -0.4 is 9.47 Å². The van der Waals surface area contributed by atoms with Gasteiger partial charge in [-0.15, -0.1) is 10.2 Å². The minimum Gasteiger partial charge on any atom is -0.493 e. The van der Waals surface area contributed by atoms with Gasteiger partial charge in [0.1, 0.15) is 18.0 Å². The Morgan fingerprint density at radius 1 is 1.11 bits per heavy atom. The molecule has 1 amide bonds. The number of ether oxygens (including phenoxy) is 3. The Morgan fingerprint density at radius 3 is 2.50 bits per heavy atom. The maximum Gasteiger partial charge on any atom is 0.225 e. The Labute approximate surface area is 225 Å². The second-order valence-electron chi connectivity index (χ2n) is 9.83. The molecule has 3 heterocycles. The zero-order chi connectivity index (χ0) is 27.1. The molecule has 1 aromatic heterocycles. The van der Waals surface area contributed by atoms with Crippen molar-refractivity contribution in [2.75, 3.05) is 27.3 Å². The Bertz CT molecular complexity index is 1340. The minimum atomic E-state index is -0.981. The van der Waals surface area contributed by atoms with E-state index >= 15 is 0 Å². The lowest BCUT2D eigenvalue weighted by Crippen LogP contribution is -2.32. The van der Waals surface area contributed by atoms with Gasteiger partial charge in [0.15, 0.2) is 17.3 Å². The molecule has 10 nitrogen and oxygen atoms in total. The summed E-state index contributed by atoms with van der Waals surface area (Å²) in [4.78, 5) is 14.8. The number of methoxy groups -OCH3 is 2. The molecule has 5 rings (SSSR count). The summed E-state index contributed by atoms with van der Waals surface area (Å²) >= 11 is 6.49. The molecule has 38 heavy (non-hydrogen) atoms. The van der Waals surface area contributed by atoms with Crippen molar-refractivity contribution in [2.45, 2.75) is 50.6 Å². The molecule has 0 spiro atoms. The summed E-state index contributed by atoms with van der Waals surface area (Å²) in [7, 11) is 3.13. The molecule has 2 aliphatic heterocycles. The predicted molar refractivity (Wildman–Crippen MR) is 139 cm³/mol. The van der Waals surface area contributed by atoms with Crippen molar-refractivity contribution in [3.05, 3.63) is 64.2 Å². The molecule has 3 aromatic rings. The van der Waals surface area contributed by atoms with E-state index in [1.807, 2.05) is 42.7 Å². The van der Waals surface area contributed by atoms with Crippen LogP contribution in [0.15, 0.2) is 36.4 Å². The molecule has 1 saturated heterocycles. The zero-order valence-electron chi connectivity index (χ0n) is 21.7. The molecule has 11 heteroatoms. The maximum absolute atomic E-state index is 13.4. The minimum absolute atomic E-state index is 0.0305. The van der Waals surface area contributed by atoms with E-state index in [0.717, 1.165) is 17.1 Å². The smallest absolute Gasteiger partial charge is 0.225 e. The lowest BCUT2D eigenvalue weighted by atomic mass is 9.98. The highest BCUT2D eigenvalue weighted by Gasteiger charge is 2.39. The summed E-state index contributed by atoms with van der Waals surface area (Å²) < 4.78 is 20.0. The summed E-state index contributed by atoms with van der Waals surface area (Å²) in [6, 6.07) is 11.1. The molecule has 1 fully saturated rings. The molecule has 0 radical (unpaired) electrons. The summed E-state index contributed by atoms with van der Waals surface area (Å²) in [5.41, 5.74) is 2.24. The van der Waals surface area contributed by atoms with Crippen LogP contribution in [0.3, 0.4) is 0 Å². The fourth-order valence-corrected chi connectivity index (χ4v) is 5.32. The summed E-state index contributed by atoms with van der Waals surface area (Å²) in [5, 5.41) is 29.4. The largest absolute Gasteiger partial charge is 0.493 e. The molecule has 0 saturated carbocycles. The van der Waals surface area contributed by atoms with E-state index in [1.54, 1.807) is 26.4 Å². The number of likely N-dealkylation sites (tertiary alicyclic amines) is 1. The quantitative estimate of drug-likeness (QED) is 0.487. The van der Waals surface area contributed by atoms with Gasteiger partial charge in [0, 0.05) is 35.2 Å². The fourth-order valence-electron chi connectivity index (χ4n) is 5.14. The Kier molecular flexibility index (Phi) is 7.32. The first-order valence-corrected chi connectivity index (χ1v) is 12.9. The standard InChI is InChI=1S/C27H31ClN4O6/c1-14(2)26-29-30-27-22(11-23(35)31-12-19(33)20(34)13-31)38-24(16-6-5-7-21(36-3)25(16)37-4)17-10-15(28)8-9-18(17)32(26)27/h5-10,14,19-20,22,24,33-34H,11-13H2,1-4H3. The van der Waals surface area contributed by atoms with Crippen LogP contribution in [0.5, 0.6) is 11.5 Å². The number of hydrogen-bond acceptors (Lipinski definition) is 8. The van der Waals surface area contributed by atoms with Crippen LogP contribution in [0.2, 0.25) is 5.02 Å². The topological polar surface area (TPSA) is 119 Å². The van der Waals surface area contributed by atoms with Crippen LogP contribution in [-0.4, -0.2) is 75.3 Å². The number of rotatable bonds is 6. The van der Waals surface area contributed by atoms with E-state index in [9.17, 15) is 15.0 Å². The number of aliphatic hydroxyl groups excluding tert-OH is 2. The van der Waals surface area contributed by atoms with Crippen LogP contribution in [0.1, 0.15) is 61.2 Å². The lowest BCUT2D eigenvalue weighted by molar-refractivity contribution is -0.135. The molecular formula is C27H31ClN4O6. The molecule has 4 atom stereocenters. The first kappa shape index (κ1) is 26.4. The first-order chi connectivity index (χ1) is 18.2. The summed E-state index contributed by atoms with van der Waals surface area (Å²) in [6.07, 6.45) is -3.52. The number of carbonyl (C=O) groups is 1. The normalized spacial score (nSPS) is 22.7. The van der Waals surface area contributed by atoms with E-state index in [1.165, 1.54) is 4.90 Å². The number of benzene rings is 2. The van der Waals surface area contributed by atoms with Gasteiger partial charge in [0.05, 0.1) is 38.5 Å². The van der Waals surface area contributed by atoms with Crippen molar-refractivity contribution >= 4 is 17.5 Å². The number of aliphatic hydroxyl groups is 2. The molecule has 0 aliphatic carbocycles. The fraction of sp³-hybridized carbons (Fsp3) is 0.444. The molecule has 2 aromatic carbocycles. The highest BCUT2D eigenvalue weighted by molar-refractivity contribution is 6.30. The van der Waals surface area contributed by atoms with Gasteiger partial charge >= 0.3 is 0 Å². The zero-order valence-corrected chi connectivity index (χ0v) is 22.4. The summed E-state index contributed by atoms with van der Waals surface area (Å²) in [5.74, 6) is 2.00. The van der Waals surface area contributed by atoms with Gasteiger partial charge in [-0.05, 0) is 24.3 Å². The average molecular weight is 543 g/mol. The van der Waals surface area contributed by atoms with Crippen molar-refractivity contribution in [3.8, 4) is 17.2 Å². The Hall–Kier alpha value is -3.18. The van der Waals surface area contributed by atoms with Crippen LogP contribution in [-0.2, 0) is 9.53 Å². The number of carbonyl (C=O) groups excluding carboxylic acids is 1. The highest BCUT2D eigenvalue weighted by atomic mass is 35.5. The second-order valence-corrected chi connectivity index (χ2v) is 10.3. The number of halogens is 1. The summed E-state index contributed by atoms with van der Waals surface area (Å²) in [6.45, 7) is 4.15. The molecule has 4 unspecified atom stereocenters. The van der Waals surface area contributed by atoms with Gasteiger partial charge < -0.3 is 29.3 Å². The third kappa shape index (κ3) is 4.62. The van der Waals surface area contributed by atoms with Gasteiger partial charge in [-0.3, -0.25) is 9.36 Å². The third-order valence-electron chi connectivity index (χ3n) is 7.02. The van der Waals surface area contributed by atoms with Crippen molar-refractivity contribution < 1.29 is 29.2 Å². The Morgan fingerprint density at radius 2 is 1.84 bits per heavy atom. The van der Waals surface area contributed by atoms with Gasteiger partial charge in [-0.25, -0.2) is 0 Å². The molecule has 2 aliphatic rings. The van der Waals surface area contributed by atoms with E-state index in [4.69, 9.17) is 25.8 Å². The number of fused-ring (bicyclic) bond motifs is 3. The van der Waals surface area contributed by atoms with E-state index in [-0.39, 0.29) is 31.3 Å². The molecule has 0 bridgehead atoms. The predicted octanol–water partition coefficient (Wildman–Crippen LogP) is 3.18. The van der Waals surface area contributed by atoms with Crippen LogP contribution in [0.25, 0.3) is 5.69 Å². The number of para-hydroxylation sites is 1. The number of β-amino-alcohol motifs (C(OH)–C–C–N with tert-alkyl or cyclic N) is 2. The monoisotopic (exact) mass is 542 g/mol. The highest BCUT2D eigenvalue weighted by Crippen LogP contribution is 2.46. The van der Waals surface area contributed by atoms with E-state index in [2.05, 4.69) is 10.2 Å².